The van der Waals surface area contributed by atoms with Gasteiger partial charge in [-0.1, -0.05) is 95.9 Å². The number of hydrogen-bond acceptors (Lipinski definition) is 4. The molecule has 2 rings (SSSR count). The topological polar surface area (TPSA) is 52.6 Å². The van der Waals surface area contributed by atoms with E-state index in [1.165, 1.54) is 12.8 Å². The van der Waals surface area contributed by atoms with Gasteiger partial charge in [0, 0.05) is 0 Å². The van der Waals surface area contributed by atoms with Crippen molar-refractivity contribution in [3.05, 3.63) is 0 Å². The SMILES string of the molecule is CC.CC.CC.CC.CC.CC.O=C(OC1CCCCC1)C(=O)OC1CCCCC1. The number of rotatable bonds is 2. The standard InChI is InChI=1S/C14H22O4.6C2H6/c15-13(17-11-7-3-1-4-8-11)14(16)18-12-9-5-2-6-10-12;6*1-2/h11-12H,1-10H2;6*1-2H3. The highest BCUT2D eigenvalue weighted by atomic mass is 16.6. The Morgan fingerprint density at radius 1 is 0.433 bits per heavy atom. The predicted molar refractivity (Wildman–Crippen MR) is 134 cm³/mol. The Balaban J connectivity index is -0.000000150. The Kier molecular flexibility index (Phi) is 50.6. The van der Waals surface area contributed by atoms with E-state index in [0.717, 1.165) is 51.4 Å². The lowest BCUT2D eigenvalue weighted by molar-refractivity contribution is -0.175. The van der Waals surface area contributed by atoms with Gasteiger partial charge in [-0.25, -0.2) is 9.59 Å². The van der Waals surface area contributed by atoms with E-state index in [9.17, 15) is 9.59 Å². The molecule has 0 amide bonds. The molecule has 0 aromatic rings. The maximum Gasteiger partial charge on any atom is 0.417 e. The molecule has 0 atom stereocenters. The van der Waals surface area contributed by atoms with Crippen LogP contribution in [0.4, 0.5) is 0 Å². The van der Waals surface area contributed by atoms with Crippen LogP contribution in [-0.2, 0) is 19.1 Å². The van der Waals surface area contributed by atoms with Crippen molar-refractivity contribution >= 4 is 11.9 Å². The van der Waals surface area contributed by atoms with E-state index in [1.807, 2.05) is 83.1 Å². The molecular formula is C26H58O4. The summed E-state index contributed by atoms with van der Waals surface area (Å²) >= 11 is 0. The van der Waals surface area contributed by atoms with Crippen LogP contribution in [-0.4, -0.2) is 24.1 Å². The first-order chi connectivity index (χ1) is 14.8. The van der Waals surface area contributed by atoms with Gasteiger partial charge in [0.15, 0.2) is 0 Å². The molecule has 4 heteroatoms. The summed E-state index contributed by atoms with van der Waals surface area (Å²) in [6, 6.07) is 0. The summed E-state index contributed by atoms with van der Waals surface area (Å²) < 4.78 is 10.4. The molecule has 2 aliphatic rings. The van der Waals surface area contributed by atoms with Crippen LogP contribution in [0.25, 0.3) is 0 Å². The second-order valence-electron chi connectivity index (χ2n) is 5.33. The quantitative estimate of drug-likeness (QED) is 0.321. The number of esters is 2. The molecule has 0 radical (unpaired) electrons. The summed E-state index contributed by atoms with van der Waals surface area (Å²) in [5, 5.41) is 0. The summed E-state index contributed by atoms with van der Waals surface area (Å²) in [6.45, 7) is 24.0. The Morgan fingerprint density at radius 2 is 0.633 bits per heavy atom. The largest absolute Gasteiger partial charge is 0.454 e. The summed E-state index contributed by atoms with van der Waals surface area (Å²) in [5.41, 5.74) is 0. The van der Waals surface area contributed by atoms with Crippen molar-refractivity contribution in [2.24, 2.45) is 0 Å². The minimum Gasteiger partial charge on any atom is -0.454 e. The molecule has 0 saturated heterocycles. The first-order valence-corrected chi connectivity index (χ1v) is 13.2. The van der Waals surface area contributed by atoms with E-state index in [2.05, 4.69) is 0 Å². The fourth-order valence-electron chi connectivity index (χ4n) is 2.76. The highest BCUT2D eigenvalue weighted by Crippen LogP contribution is 2.22. The van der Waals surface area contributed by atoms with E-state index in [-0.39, 0.29) is 12.2 Å². The van der Waals surface area contributed by atoms with Crippen molar-refractivity contribution in [1.29, 1.82) is 0 Å². The van der Waals surface area contributed by atoms with Crippen LogP contribution in [0.3, 0.4) is 0 Å². The number of ether oxygens (including phenoxy) is 2. The van der Waals surface area contributed by atoms with Crippen LogP contribution in [0, 0.1) is 0 Å². The molecule has 0 bridgehead atoms. The zero-order valence-corrected chi connectivity index (χ0v) is 22.9. The highest BCUT2D eigenvalue weighted by molar-refractivity contribution is 6.29. The van der Waals surface area contributed by atoms with Gasteiger partial charge in [-0.15, -0.1) is 0 Å². The molecule has 30 heavy (non-hydrogen) atoms. The average molecular weight is 435 g/mol. The maximum absolute atomic E-state index is 11.6. The second-order valence-corrected chi connectivity index (χ2v) is 5.33. The minimum atomic E-state index is -0.799. The lowest BCUT2D eigenvalue weighted by Crippen LogP contribution is -2.31. The van der Waals surface area contributed by atoms with Gasteiger partial charge in [0.1, 0.15) is 12.2 Å². The van der Waals surface area contributed by atoms with Gasteiger partial charge in [-0.2, -0.15) is 0 Å². The second kappa shape index (κ2) is 38.5. The summed E-state index contributed by atoms with van der Waals surface area (Å²) in [7, 11) is 0. The molecule has 0 aromatic heterocycles. The van der Waals surface area contributed by atoms with Crippen molar-refractivity contribution in [2.75, 3.05) is 0 Å². The maximum atomic E-state index is 11.6. The third kappa shape index (κ3) is 25.0. The predicted octanol–water partition coefficient (Wildman–Crippen LogP) is 8.90. The third-order valence-corrected chi connectivity index (χ3v) is 3.82. The number of hydrogen-bond donors (Lipinski definition) is 0. The molecule has 0 spiro atoms. The van der Waals surface area contributed by atoms with E-state index in [0.29, 0.717) is 0 Å². The van der Waals surface area contributed by atoms with E-state index < -0.39 is 11.9 Å². The van der Waals surface area contributed by atoms with Crippen molar-refractivity contribution in [1.82, 2.24) is 0 Å². The molecule has 4 nitrogen and oxygen atoms in total. The van der Waals surface area contributed by atoms with Gasteiger partial charge in [-0.3, -0.25) is 0 Å². The molecule has 0 unspecified atom stereocenters. The van der Waals surface area contributed by atoms with Crippen molar-refractivity contribution < 1.29 is 19.1 Å². The fourth-order valence-corrected chi connectivity index (χ4v) is 2.76. The molecule has 186 valence electrons. The van der Waals surface area contributed by atoms with Crippen LogP contribution < -0.4 is 0 Å². The zero-order chi connectivity index (χ0) is 24.8. The Bertz CT molecular complexity index is 261. The molecule has 0 aliphatic heterocycles. The van der Waals surface area contributed by atoms with Gasteiger partial charge in [0.05, 0.1) is 0 Å². The molecule has 2 fully saturated rings. The monoisotopic (exact) mass is 434 g/mol. The van der Waals surface area contributed by atoms with Crippen molar-refractivity contribution in [2.45, 2.75) is 160 Å². The molecule has 2 aliphatic carbocycles. The Hall–Kier alpha value is -1.06. The molecule has 0 heterocycles. The van der Waals surface area contributed by atoms with Gasteiger partial charge < -0.3 is 9.47 Å². The minimum absolute atomic E-state index is 0.0786. The van der Waals surface area contributed by atoms with E-state index >= 15 is 0 Å². The molecular weight excluding hydrogens is 376 g/mol. The van der Waals surface area contributed by atoms with Crippen molar-refractivity contribution in [3.63, 3.8) is 0 Å². The van der Waals surface area contributed by atoms with Crippen LogP contribution in [0.1, 0.15) is 147 Å². The Morgan fingerprint density at radius 3 is 0.833 bits per heavy atom. The normalized spacial score (nSPS) is 14.7. The lowest BCUT2D eigenvalue weighted by atomic mass is 9.98. The van der Waals surface area contributed by atoms with Crippen LogP contribution in [0.15, 0.2) is 0 Å². The first-order valence-electron chi connectivity index (χ1n) is 13.2. The zero-order valence-electron chi connectivity index (χ0n) is 22.9. The third-order valence-electron chi connectivity index (χ3n) is 3.82. The molecule has 2 saturated carbocycles. The smallest absolute Gasteiger partial charge is 0.417 e. The van der Waals surface area contributed by atoms with Crippen LogP contribution in [0.2, 0.25) is 0 Å². The van der Waals surface area contributed by atoms with Gasteiger partial charge in [0.2, 0.25) is 0 Å². The summed E-state index contributed by atoms with van der Waals surface area (Å²) in [5.74, 6) is -1.60. The van der Waals surface area contributed by atoms with E-state index in [4.69, 9.17) is 9.47 Å². The van der Waals surface area contributed by atoms with E-state index in [1.54, 1.807) is 0 Å². The molecule has 0 aromatic carbocycles. The summed E-state index contributed by atoms with van der Waals surface area (Å²) in [6.07, 6.45) is 10.1. The number of carbonyl (C=O) groups excluding carboxylic acids is 2. The first kappa shape index (κ1) is 39.4. The average Bonchev–Trinajstić information content (AvgIpc) is 2.88. The van der Waals surface area contributed by atoms with Gasteiger partial charge in [-0.05, 0) is 51.4 Å². The number of carbonyl (C=O) groups is 2. The summed E-state index contributed by atoms with van der Waals surface area (Å²) in [4.78, 5) is 23.2. The lowest BCUT2D eigenvalue weighted by Gasteiger charge is -2.23. The molecule has 0 N–H and O–H groups in total. The van der Waals surface area contributed by atoms with Gasteiger partial charge >= 0.3 is 11.9 Å². The highest BCUT2D eigenvalue weighted by Gasteiger charge is 2.27. The fraction of sp³-hybridized carbons (Fsp3) is 0.923. The van der Waals surface area contributed by atoms with Gasteiger partial charge in [0.25, 0.3) is 0 Å². The van der Waals surface area contributed by atoms with Crippen molar-refractivity contribution in [3.8, 4) is 0 Å². The van der Waals surface area contributed by atoms with Crippen LogP contribution >= 0.6 is 0 Å². The van der Waals surface area contributed by atoms with Crippen LogP contribution in [0.5, 0.6) is 0 Å². The Labute approximate surface area is 190 Å².